The quantitative estimate of drug-likeness (QED) is 0.709. The average Bonchev–Trinajstić information content (AvgIpc) is 2.26. The van der Waals surface area contributed by atoms with E-state index in [4.69, 9.17) is 5.11 Å². The number of hydrogen-bond acceptors (Lipinski definition) is 2. The van der Waals surface area contributed by atoms with Crippen molar-refractivity contribution >= 4 is 5.91 Å². The summed E-state index contributed by atoms with van der Waals surface area (Å²) in [5, 5.41) is 9.14. The van der Waals surface area contributed by atoms with Crippen molar-refractivity contribution in [3.63, 3.8) is 0 Å². The van der Waals surface area contributed by atoms with E-state index in [1.807, 2.05) is 11.8 Å². The third-order valence-electron chi connectivity index (χ3n) is 2.62. The Morgan fingerprint density at radius 3 is 2.69 bits per heavy atom. The molecule has 0 spiro atoms. The zero-order valence-electron chi connectivity index (χ0n) is 8.66. The van der Waals surface area contributed by atoms with Crippen molar-refractivity contribution in [2.24, 2.45) is 11.8 Å². The first kappa shape index (κ1) is 10.5. The Morgan fingerprint density at radius 1 is 1.62 bits per heavy atom. The first-order valence-corrected chi connectivity index (χ1v) is 4.96. The first-order chi connectivity index (χ1) is 6.06. The van der Waals surface area contributed by atoms with Crippen molar-refractivity contribution < 1.29 is 9.90 Å². The average molecular weight is 185 g/mol. The molecule has 3 nitrogen and oxygen atoms in total. The molecule has 2 atom stereocenters. The van der Waals surface area contributed by atoms with Gasteiger partial charge in [-0.2, -0.15) is 0 Å². The van der Waals surface area contributed by atoms with Gasteiger partial charge >= 0.3 is 0 Å². The molecule has 2 unspecified atom stereocenters. The largest absolute Gasteiger partial charge is 0.394 e. The lowest BCUT2D eigenvalue weighted by Crippen LogP contribution is -2.39. The standard InChI is InChI=1S/C10H19NO2/c1-7(2)5-11-9(6-12)8(3)4-10(11)13/h7-9,12H,4-6H2,1-3H3. The van der Waals surface area contributed by atoms with Gasteiger partial charge in [0, 0.05) is 13.0 Å². The number of aliphatic hydroxyl groups is 1. The van der Waals surface area contributed by atoms with Crippen LogP contribution in [0.4, 0.5) is 0 Å². The Kier molecular flexibility index (Phi) is 3.31. The van der Waals surface area contributed by atoms with Crippen LogP contribution in [-0.2, 0) is 4.79 Å². The molecule has 1 heterocycles. The van der Waals surface area contributed by atoms with Gasteiger partial charge in [-0.05, 0) is 11.8 Å². The number of nitrogens with zero attached hydrogens (tertiary/aromatic N) is 1. The first-order valence-electron chi connectivity index (χ1n) is 4.96. The fraction of sp³-hybridized carbons (Fsp3) is 0.900. The van der Waals surface area contributed by atoms with E-state index in [1.54, 1.807) is 0 Å². The van der Waals surface area contributed by atoms with Crippen LogP contribution >= 0.6 is 0 Å². The fourth-order valence-electron chi connectivity index (χ4n) is 1.93. The predicted octanol–water partition coefficient (Wildman–Crippen LogP) is 0.872. The van der Waals surface area contributed by atoms with Gasteiger partial charge in [-0.1, -0.05) is 20.8 Å². The Balaban J connectivity index is 2.63. The summed E-state index contributed by atoms with van der Waals surface area (Å²) in [6, 6.07) is 0.0508. The van der Waals surface area contributed by atoms with E-state index in [2.05, 4.69) is 13.8 Å². The van der Waals surface area contributed by atoms with Crippen LogP contribution < -0.4 is 0 Å². The molecule has 1 aliphatic rings. The van der Waals surface area contributed by atoms with Crippen LogP contribution in [0.2, 0.25) is 0 Å². The second-order valence-corrected chi connectivity index (χ2v) is 4.37. The summed E-state index contributed by atoms with van der Waals surface area (Å²) in [6.45, 7) is 7.07. The number of carbonyl (C=O) groups excluding carboxylic acids is 1. The van der Waals surface area contributed by atoms with Crippen LogP contribution in [0.3, 0.4) is 0 Å². The molecule has 0 aromatic carbocycles. The van der Waals surface area contributed by atoms with Crippen LogP contribution in [0.1, 0.15) is 27.2 Å². The van der Waals surface area contributed by atoms with Crippen molar-refractivity contribution in [1.29, 1.82) is 0 Å². The van der Waals surface area contributed by atoms with Crippen molar-refractivity contribution in [2.75, 3.05) is 13.2 Å². The Labute approximate surface area is 79.7 Å². The smallest absolute Gasteiger partial charge is 0.223 e. The van der Waals surface area contributed by atoms with Crippen LogP contribution in [0.25, 0.3) is 0 Å². The third-order valence-corrected chi connectivity index (χ3v) is 2.62. The molecule has 1 fully saturated rings. The molecule has 1 amide bonds. The van der Waals surface area contributed by atoms with Crippen LogP contribution in [-0.4, -0.2) is 35.1 Å². The normalized spacial score (nSPS) is 29.0. The molecular weight excluding hydrogens is 166 g/mol. The molecule has 0 saturated carbocycles. The summed E-state index contributed by atoms with van der Waals surface area (Å²) in [7, 11) is 0. The number of likely N-dealkylation sites (tertiary alicyclic amines) is 1. The molecule has 1 rings (SSSR count). The minimum Gasteiger partial charge on any atom is -0.394 e. The molecule has 0 aromatic rings. The molecule has 1 saturated heterocycles. The van der Waals surface area contributed by atoms with Gasteiger partial charge in [-0.3, -0.25) is 4.79 Å². The number of carbonyl (C=O) groups is 1. The summed E-state index contributed by atoms with van der Waals surface area (Å²) in [5.74, 6) is 0.972. The summed E-state index contributed by atoms with van der Waals surface area (Å²) >= 11 is 0. The van der Waals surface area contributed by atoms with Crippen molar-refractivity contribution in [3.8, 4) is 0 Å². The molecule has 0 aliphatic carbocycles. The van der Waals surface area contributed by atoms with E-state index >= 15 is 0 Å². The maximum atomic E-state index is 11.5. The molecular formula is C10H19NO2. The molecule has 0 bridgehead atoms. The predicted molar refractivity (Wildman–Crippen MR) is 51.2 cm³/mol. The van der Waals surface area contributed by atoms with Crippen LogP contribution in [0.5, 0.6) is 0 Å². The minimum absolute atomic E-state index is 0.0508. The van der Waals surface area contributed by atoms with Gasteiger partial charge < -0.3 is 10.0 Å². The zero-order valence-corrected chi connectivity index (χ0v) is 8.66. The van der Waals surface area contributed by atoms with Crippen molar-refractivity contribution in [2.45, 2.75) is 33.2 Å². The fourth-order valence-corrected chi connectivity index (χ4v) is 1.93. The zero-order chi connectivity index (χ0) is 10.0. The third kappa shape index (κ3) is 2.21. The van der Waals surface area contributed by atoms with Crippen molar-refractivity contribution in [1.82, 2.24) is 4.90 Å². The second kappa shape index (κ2) is 4.09. The Bertz CT molecular complexity index is 191. The molecule has 1 N–H and O–H groups in total. The van der Waals surface area contributed by atoms with Gasteiger partial charge in [0.1, 0.15) is 0 Å². The number of aliphatic hydroxyl groups excluding tert-OH is 1. The Morgan fingerprint density at radius 2 is 2.23 bits per heavy atom. The summed E-state index contributed by atoms with van der Waals surface area (Å²) in [6.07, 6.45) is 0.595. The van der Waals surface area contributed by atoms with E-state index < -0.39 is 0 Å². The topological polar surface area (TPSA) is 40.5 Å². The SMILES string of the molecule is CC(C)CN1C(=O)CC(C)C1CO. The van der Waals surface area contributed by atoms with Gasteiger partial charge in [-0.25, -0.2) is 0 Å². The molecule has 13 heavy (non-hydrogen) atoms. The molecule has 0 radical (unpaired) electrons. The lowest BCUT2D eigenvalue weighted by molar-refractivity contribution is -0.129. The monoisotopic (exact) mass is 185 g/mol. The van der Waals surface area contributed by atoms with Gasteiger partial charge in [0.2, 0.25) is 5.91 Å². The summed E-state index contributed by atoms with van der Waals surface area (Å²) in [4.78, 5) is 13.3. The molecule has 3 heteroatoms. The molecule has 0 aromatic heterocycles. The van der Waals surface area contributed by atoms with Gasteiger partial charge in [0.05, 0.1) is 12.6 Å². The van der Waals surface area contributed by atoms with Crippen LogP contribution in [0, 0.1) is 11.8 Å². The molecule has 76 valence electrons. The highest BCUT2D eigenvalue weighted by molar-refractivity contribution is 5.79. The number of amides is 1. The lowest BCUT2D eigenvalue weighted by atomic mass is 10.0. The highest BCUT2D eigenvalue weighted by atomic mass is 16.3. The molecule has 1 aliphatic heterocycles. The van der Waals surface area contributed by atoms with Gasteiger partial charge in [-0.15, -0.1) is 0 Å². The van der Waals surface area contributed by atoms with E-state index in [0.29, 0.717) is 18.3 Å². The summed E-state index contributed by atoms with van der Waals surface area (Å²) in [5.41, 5.74) is 0. The minimum atomic E-state index is 0.0508. The second-order valence-electron chi connectivity index (χ2n) is 4.37. The van der Waals surface area contributed by atoms with E-state index in [0.717, 1.165) is 6.54 Å². The maximum Gasteiger partial charge on any atom is 0.223 e. The van der Waals surface area contributed by atoms with E-state index in [9.17, 15) is 4.79 Å². The highest BCUT2D eigenvalue weighted by Gasteiger charge is 2.36. The highest BCUT2D eigenvalue weighted by Crippen LogP contribution is 2.25. The lowest BCUT2D eigenvalue weighted by Gasteiger charge is -2.26. The Hall–Kier alpha value is -0.570. The maximum absolute atomic E-state index is 11.5. The van der Waals surface area contributed by atoms with Crippen LogP contribution in [0.15, 0.2) is 0 Å². The number of hydrogen-bond donors (Lipinski definition) is 1. The van der Waals surface area contributed by atoms with Gasteiger partial charge in [0.15, 0.2) is 0 Å². The summed E-state index contributed by atoms with van der Waals surface area (Å²) < 4.78 is 0. The van der Waals surface area contributed by atoms with Gasteiger partial charge in [0.25, 0.3) is 0 Å². The van der Waals surface area contributed by atoms with E-state index in [-0.39, 0.29) is 18.6 Å². The van der Waals surface area contributed by atoms with E-state index in [1.165, 1.54) is 0 Å². The number of rotatable bonds is 3. The van der Waals surface area contributed by atoms with Crippen molar-refractivity contribution in [3.05, 3.63) is 0 Å².